The molecule has 2 heterocycles. The summed E-state index contributed by atoms with van der Waals surface area (Å²) >= 11 is 3.79. The summed E-state index contributed by atoms with van der Waals surface area (Å²) in [6, 6.07) is 0. The zero-order valence-corrected chi connectivity index (χ0v) is 16.8. The maximum Gasteiger partial charge on any atom is 0.0730 e. The van der Waals surface area contributed by atoms with Gasteiger partial charge in [0.25, 0.3) is 0 Å². The van der Waals surface area contributed by atoms with Crippen LogP contribution in [0.1, 0.15) is 55.6 Å². The molecule has 0 bridgehead atoms. The van der Waals surface area contributed by atoms with Gasteiger partial charge in [0.05, 0.1) is 13.2 Å². The van der Waals surface area contributed by atoms with Gasteiger partial charge in [-0.2, -0.15) is 0 Å². The smallest absolute Gasteiger partial charge is 0.0730 e. The third-order valence-corrected chi connectivity index (χ3v) is 6.51. The van der Waals surface area contributed by atoms with Crippen LogP contribution >= 0.6 is 22.7 Å². The first-order chi connectivity index (χ1) is 11.0. The van der Waals surface area contributed by atoms with Crippen LogP contribution in [0, 0.1) is 27.7 Å². The molecule has 0 aromatic carbocycles. The molecule has 0 saturated heterocycles. The second-order valence-electron chi connectivity index (χ2n) is 5.79. The summed E-state index contributed by atoms with van der Waals surface area (Å²) < 4.78 is 11.4. The highest BCUT2D eigenvalue weighted by Crippen LogP contribution is 2.35. The molecule has 0 spiro atoms. The Hall–Kier alpha value is -0.680. The van der Waals surface area contributed by atoms with Crippen molar-refractivity contribution in [3.63, 3.8) is 0 Å². The highest BCUT2D eigenvalue weighted by molar-refractivity contribution is 7.12. The average molecular weight is 353 g/mol. The van der Waals surface area contributed by atoms with Crippen LogP contribution in [-0.4, -0.2) is 13.2 Å². The summed E-state index contributed by atoms with van der Waals surface area (Å²) in [4.78, 5) is 5.62. The zero-order chi connectivity index (χ0) is 17.0. The molecule has 23 heavy (non-hydrogen) atoms. The fourth-order valence-electron chi connectivity index (χ4n) is 2.98. The predicted molar refractivity (Wildman–Crippen MR) is 101 cm³/mol. The fraction of sp³-hybridized carbons (Fsp3) is 0.579. The molecule has 128 valence electrons. The summed E-state index contributed by atoms with van der Waals surface area (Å²) in [7, 11) is 0. The maximum atomic E-state index is 5.71. The SMILES string of the molecule is CCOCc1c(C)sc(C)c1Cc1c(C)sc(C)c1COCC. The van der Waals surface area contributed by atoms with Crippen molar-refractivity contribution in [2.45, 2.75) is 61.2 Å². The molecule has 0 aliphatic rings. The third kappa shape index (κ3) is 4.24. The van der Waals surface area contributed by atoms with Gasteiger partial charge in [-0.15, -0.1) is 22.7 Å². The number of aryl methyl sites for hydroxylation is 4. The summed E-state index contributed by atoms with van der Waals surface area (Å²) in [5.74, 6) is 0. The molecular weight excluding hydrogens is 324 g/mol. The van der Waals surface area contributed by atoms with Crippen molar-refractivity contribution in [3.05, 3.63) is 41.8 Å². The van der Waals surface area contributed by atoms with Gasteiger partial charge in [-0.05, 0) is 63.8 Å². The van der Waals surface area contributed by atoms with E-state index in [0.29, 0.717) is 0 Å². The van der Waals surface area contributed by atoms with Crippen molar-refractivity contribution in [1.29, 1.82) is 0 Å². The van der Waals surface area contributed by atoms with Gasteiger partial charge in [-0.3, -0.25) is 0 Å². The van der Waals surface area contributed by atoms with Crippen molar-refractivity contribution in [2.24, 2.45) is 0 Å². The van der Waals surface area contributed by atoms with E-state index in [9.17, 15) is 0 Å². The van der Waals surface area contributed by atoms with Gasteiger partial charge in [-0.1, -0.05) is 0 Å². The van der Waals surface area contributed by atoms with Crippen molar-refractivity contribution >= 4 is 22.7 Å². The molecule has 0 fully saturated rings. The lowest BCUT2D eigenvalue weighted by Crippen LogP contribution is -2.02. The molecule has 0 aliphatic carbocycles. The van der Waals surface area contributed by atoms with E-state index >= 15 is 0 Å². The molecule has 0 N–H and O–H groups in total. The summed E-state index contributed by atoms with van der Waals surface area (Å²) in [6.45, 7) is 16.0. The van der Waals surface area contributed by atoms with Crippen molar-refractivity contribution in [1.82, 2.24) is 0 Å². The lowest BCUT2D eigenvalue weighted by atomic mass is 9.97. The molecule has 0 unspecified atom stereocenters. The van der Waals surface area contributed by atoms with Crippen LogP contribution in [-0.2, 0) is 29.1 Å². The quantitative estimate of drug-likeness (QED) is 0.606. The first-order valence-corrected chi connectivity index (χ1v) is 9.93. The van der Waals surface area contributed by atoms with Gasteiger partial charge in [0.1, 0.15) is 0 Å². The van der Waals surface area contributed by atoms with Crippen molar-refractivity contribution in [3.8, 4) is 0 Å². The second-order valence-corrected chi connectivity index (χ2v) is 8.65. The number of hydrogen-bond donors (Lipinski definition) is 0. The Balaban J connectivity index is 2.35. The summed E-state index contributed by atoms with van der Waals surface area (Å²) in [6.07, 6.45) is 0.997. The highest BCUT2D eigenvalue weighted by Gasteiger charge is 2.19. The first-order valence-electron chi connectivity index (χ1n) is 8.30. The normalized spacial score (nSPS) is 11.4. The number of thiophene rings is 2. The third-order valence-electron chi connectivity index (χ3n) is 4.30. The van der Waals surface area contributed by atoms with E-state index in [1.54, 1.807) is 0 Å². The lowest BCUT2D eigenvalue weighted by Gasteiger charge is -2.11. The standard InChI is InChI=1S/C19H28O2S2/c1-7-20-10-18-14(5)22-12(3)16(18)9-17-13(4)23-15(6)19(17)11-21-8-2/h7-11H2,1-6H3. The number of ether oxygens (including phenoxy) is 2. The topological polar surface area (TPSA) is 18.5 Å². The van der Waals surface area contributed by atoms with E-state index in [1.165, 1.54) is 41.8 Å². The molecule has 0 radical (unpaired) electrons. The Bertz CT molecular complexity index is 597. The van der Waals surface area contributed by atoms with Gasteiger partial charge in [0.2, 0.25) is 0 Å². The molecule has 0 atom stereocenters. The Morgan fingerprint density at radius 3 is 1.30 bits per heavy atom. The van der Waals surface area contributed by atoms with Crippen molar-refractivity contribution < 1.29 is 9.47 Å². The van der Waals surface area contributed by atoms with E-state index < -0.39 is 0 Å². The molecule has 0 aliphatic heterocycles. The number of rotatable bonds is 8. The Labute approximate surface area is 148 Å². The van der Waals surface area contributed by atoms with E-state index in [4.69, 9.17) is 9.47 Å². The van der Waals surface area contributed by atoms with E-state index in [-0.39, 0.29) is 0 Å². The first kappa shape index (κ1) is 18.7. The average Bonchev–Trinajstić information content (AvgIpc) is 2.92. The summed E-state index contributed by atoms with van der Waals surface area (Å²) in [5, 5.41) is 0. The minimum Gasteiger partial charge on any atom is -0.377 e. The molecule has 4 heteroatoms. The molecule has 2 nitrogen and oxygen atoms in total. The van der Waals surface area contributed by atoms with Crippen LogP contribution in [0.15, 0.2) is 0 Å². The van der Waals surface area contributed by atoms with Crippen LogP contribution in [0.2, 0.25) is 0 Å². The van der Waals surface area contributed by atoms with Crippen LogP contribution in [0.4, 0.5) is 0 Å². The van der Waals surface area contributed by atoms with Gasteiger partial charge in [0, 0.05) is 39.1 Å². The number of hydrogen-bond acceptors (Lipinski definition) is 4. The molecular formula is C19H28O2S2. The van der Waals surface area contributed by atoms with Crippen LogP contribution < -0.4 is 0 Å². The van der Waals surface area contributed by atoms with Crippen LogP contribution in [0.3, 0.4) is 0 Å². The maximum absolute atomic E-state index is 5.71. The minimum absolute atomic E-state index is 0.727. The van der Waals surface area contributed by atoms with Crippen molar-refractivity contribution in [2.75, 3.05) is 13.2 Å². The van der Waals surface area contributed by atoms with Crippen LogP contribution in [0.25, 0.3) is 0 Å². The Morgan fingerprint density at radius 1 is 0.609 bits per heavy atom. The van der Waals surface area contributed by atoms with Crippen LogP contribution in [0.5, 0.6) is 0 Å². The fourth-order valence-corrected chi connectivity index (χ4v) is 5.15. The lowest BCUT2D eigenvalue weighted by molar-refractivity contribution is 0.133. The second kappa shape index (κ2) is 8.43. The van der Waals surface area contributed by atoms with E-state index in [2.05, 4.69) is 41.5 Å². The van der Waals surface area contributed by atoms with Gasteiger partial charge >= 0.3 is 0 Å². The monoisotopic (exact) mass is 352 g/mol. The van der Waals surface area contributed by atoms with E-state index in [0.717, 1.165) is 32.8 Å². The highest BCUT2D eigenvalue weighted by atomic mass is 32.1. The van der Waals surface area contributed by atoms with Gasteiger partial charge in [0.15, 0.2) is 0 Å². The Kier molecular flexibility index (Phi) is 6.84. The molecule has 2 aromatic heterocycles. The molecule has 0 amide bonds. The van der Waals surface area contributed by atoms with E-state index in [1.807, 2.05) is 22.7 Å². The Morgan fingerprint density at radius 2 is 0.957 bits per heavy atom. The minimum atomic E-state index is 0.727. The largest absolute Gasteiger partial charge is 0.377 e. The molecule has 0 saturated carbocycles. The predicted octanol–water partition coefficient (Wildman–Crippen LogP) is 5.71. The molecule has 2 aromatic rings. The zero-order valence-electron chi connectivity index (χ0n) is 15.2. The van der Waals surface area contributed by atoms with Gasteiger partial charge in [-0.25, -0.2) is 0 Å². The summed E-state index contributed by atoms with van der Waals surface area (Å²) in [5.41, 5.74) is 5.69. The molecule has 2 rings (SSSR count). The van der Waals surface area contributed by atoms with Gasteiger partial charge < -0.3 is 9.47 Å².